The predicted molar refractivity (Wildman–Crippen MR) is 113 cm³/mol. The van der Waals surface area contributed by atoms with Gasteiger partial charge in [0.2, 0.25) is 12.7 Å². The minimum Gasteiger partial charge on any atom is -0.454 e. The molecule has 0 radical (unpaired) electrons. The lowest BCUT2D eigenvalue weighted by molar-refractivity contribution is -0.115. The number of nitrogens with one attached hydrogen (secondary N) is 1. The van der Waals surface area contributed by atoms with Crippen LogP contribution in [0.4, 0.5) is 5.82 Å². The molecule has 29 heavy (non-hydrogen) atoms. The zero-order valence-corrected chi connectivity index (χ0v) is 17.2. The topological polar surface area (TPSA) is 65.4 Å². The second-order valence-electron chi connectivity index (χ2n) is 7.36. The Bertz CT molecular complexity index is 1120. The first-order chi connectivity index (χ1) is 14.0. The van der Waals surface area contributed by atoms with Gasteiger partial charge in [0, 0.05) is 5.56 Å². The molecule has 148 valence electrons. The highest BCUT2D eigenvalue weighted by molar-refractivity contribution is 8.01. The number of hydrogen-bond donors (Lipinski definition) is 1. The van der Waals surface area contributed by atoms with Crippen LogP contribution in [0, 0.1) is 13.8 Å². The number of benzene rings is 2. The highest BCUT2D eigenvalue weighted by Crippen LogP contribution is 2.48. The number of ether oxygens (including phenoxy) is 2. The van der Waals surface area contributed by atoms with Crippen molar-refractivity contribution in [2.24, 2.45) is 0 Å². The molecule has 5 rings (SSSR count). The molecule has 0 saturated heterocycles. The van der Waals surface area contributed by atoms with Gasteiger partial charge in [0.05, 0.1) is 21.9 Å². The van der Waals surface area contributed by atoms with Gasteiger partial charge in [-0.25, -0.2) is 4.68 Å². The van der Waals surface area contributed by atoms with Crippen molar-refractivity contribution in [3.8, 4) is 17.2 Å². The number of anilines is 1. The van der Waals surface area contributed by atoms with Crippen molar-refractivity contribution in [3.05, 3.63) is 64.8 Å². The summed E-state index contributed by atoms with van der Waals surface area (Å²) in [6.07, 6.45) is 0. The number of hydrogen-bond acceptors (Lipinski definition) is 5. The van der Waals surface area contributed by atoms with Crippen molar-refractivity contribution >= 4 is 23.5 Å². The number of carbonyl (C=O) groups excluding carboxylic acids is 1. The minimum atomic E-state index is -0.205. The number of rotatable bonds is 2. The average Bonchev–Trinajstić information content (AvgIpc) is 3.26. The Morgan fingerprint density at radius 3 is 2.79 bits per heavy atom. The van der Waals surface area contributed by atoms with Crippen molar-refractivity contribution in [3.63, 3.8) is 0 Å². The van der Waals surface area contributed by atoms with Crippen molar-refractivity contribution in [1.29, 1.82) is 0 Å². The van der Waals surface area contributed by atoms with E-state index >= 15 is 0 Å². The largest absolute Gasteiger partial charge is 0.454 e. The Morgan fingerprint density at radius 1 is 1.14 bits per heavy atom. The van der Waals surface area contributed by atoms with E-state index in [0.29, 0.717) is 0 Å². The third kappa shape index (κ3) is 3.06. The lowest BCUT2D eigenvalue weighted by atomic mass is 10.0. The van der Waals surface area contributed by atoms with Gasteiger partial charge < -0.3 is 14.8 Å². The van der Waals surface area contributed by atoms with Gasteiger partial charge in [-0.15, -0.1) is 11.8 Å². The molecule has 3 aromatic rings. The summed E-state index contributed by atoms with van der Waals surface area (Å²) in [5, 5.41) is 7.65. The van der Waals surface area contributed by atoms with Crippen LogP contribution in [0.25, 0.3) is 5.69 Å². The lowest BCUT2D eigenvalue weighted by Gasteiger charge is -2.17. The summed E-state index contributed by atoms with van der Waals surface area (Å²) in [7, 11) is 0. The molecule has 3 heterocycles. The zero-order valence-electron chi connectivity index (χ0n) is 16.4. The van der Waals surface area contributed by atoms with E-state index in [1.807, 2.05) is 61.9 Å². The standard InChI is InChI=1S/C22H21N3O3S/c1-12-5-4-6-16(9-12)25-21-19(13(2)24-25)20(29-14(3)22(26)23-21)15-7-8-17-18(10-15)28-11-27-17/h4-10,14,20H,11H2,1-3H3,(H,23,26)/t14-,20+/m0/s1. The van der Waals surface area contributed by atoms with Gasteiger partial charge in [-0.05, 0) is 56.2 Å². The number of amides is 1. The van der Waals surface area contributed by atoms with Crippen molar-refractivity contribution < 1.29 is 14.3 Å². The zero-order chi connectivity index (χ0) is 20.1. The van der Waals surface area contributed by atoms with Crippen LogP contribution in [0.15, 0.2) is 42.5 Å². The fourth-order valence-corrected chi connectivity index (χ4v) is 5.11. The van der Waals surface area contributed by atoms with Crippen molar-refractivity contribution in [2.75, 3.05) is 12.1 Å². The summed E-state index contributed by atoms with van der Waals surface area (Å²) in [6, 6.07) is 14.1. The van der Waals surface area contributed by atoms with E-state index in [-0.39, 0.29) is 23.2 Å². The van der Waals surface area contributed by atoms with E-state index in [4.69, 9.17) is 14.6 Å². The van der Waals surface area contributed by atoms with Gasteiger partial charge in [-0.3, -0.25) is 4.79 Å². The molecular weight excluding hydrogens is 386 g/mol. The van der Waals surface area contributed by atoms with E-state index in [1.165, 1.54) is 0 Å². The van der Waals surface area contributed by atoms with Crippen molar-refractivity contribution in [1.82, 2.24) is 9.78 Å². The number of thioether (sulfide) groups is 1. The van der Waals surface area contributed by atoms with Gasteiger partial charge in [0.15, 0.2) is 11.5 Å². The number of fused-ring (bicyclic) bond motifs is 2. The SMILES string of the molecule is Cc1cccc(-n2nc(C)c3c2NC(=O)[C@H](C)S[C@@H]3c2ccc3c(c2)OCO3)c1. The van der Waals surface area contributed by atoms with Crippen LogP contribution >= 0.6 is 11.8 Å². The smallest absolute Gasteiger partial charge is 0.238 e. The number of aryl methyl sites for hydroxylation is 2. The normalized spacial score (nSPS) is 20.2. The quantitative estimate of drug-likeness (QED) is 0.683. The summed E-state index contributed by atoms with van der Waals surface area (Å²) >= 11 is 1.62. The summed E-state index contributed by atoms with van der Waals surface area (Å²) in [6.45, 7) is 6.21. The van der Waals surface area contributed by atoms with Crippen LogP contribution < -0.4 is 14.8 Å². The fraction of sp³-hybridized carbons (Fsp3) is 0.273. The van der Waals surface area contributed by atoms with Crippen LogP contribution in [0.2, 0.25) is 0 Å². The second-order valence-corrected chi connectivity index (χ2v) is 8.81. The second kappa shape index (κ2) is 6.84. The molecule has 0 spiro atoms. The molecule has 0 aliphatic carbocycles. The fourth-order valence-electron chi connectivity index (χ4n) is 3.79. The van der Waals surface area contributed by atoms with Crippen LogP contribution in [0.5, 0.6) is 11.5 Å². The van der Waals surface area contributed by atoms with Gasteiger partial charge in [-0.1, -0.05) is 18.2 Å². The molecular formula is C22H21N3O3S. The Morgan fingerprint density at radius 2 is 1.97 bits per heavy atom. The first kappa shape index (κ1) is 18.1. The number of carbonyl (C=O) groups is 1. The molecule has 0 fully saturated rings. The molecule has 7 heteroatoms. The molecule has 2 aromatic carbocycles. The molecule has 1 aromatic heterocycles. The molecule has 0 bridgehead atoms. The Kier molecular flexibility index (Phi) is 4.28. The van der Waals surface area contributed by atoms with Crippen LogP contribution in [-0.4, -0.2) is 27.7 Å². The van der Waals surface area contributed by atoms with Gasteiger partial charge >= 0.3 is 0 Å². The maximum atomic E-state index is 12.8. The lowest BCUT2D eigenvalue weighted by Crippen LogP contribution is -2.22. The third-order valence-electron chi connectivity index (χ3n) is 5.27. The highest BCUT2D eigenvalue weighted by atomic mass is 32.2. The Balaban J connectivity index is 1.68. The van der Waals surface area contributed by atoms with Crippen LogP contribution in [-0.2, 0) is 4.79 Å². The summed E-state index contributed by atoms with van der Waals surface area (Å²) in [5.41, 5.74) is 5.05. The maximum Gasteiger partial charge on any atom is 0.238 e. The van der Waals surface area contributed by atoms with Crippen LogP contribution in [0.1, 0.15) is 34.6 Å². The van der Waals surface area contributed by atoms with E-state index in [0.717, 1.165) is 45.4 Å². The number of nitrogens with zero attached hydrogens (tertiary/aromatic N) is 2. The molecule has 1 N–H and O–H groups in total. The molecule has 6 nitrogen and oxygen atoms in total. The molecule has 0 saturated carbocycles. The summed E-state index contributed by atoms with van der Waals surface area (Å²) < 4.78 is 12.9. The molecule has 0 unspecified atom stereocenters. The van der Waals surface area contributed by atoms with E-state index in [2.05, 4.69) is 11.4 Å². The first-order valence-electron chi connectivity index (χ1n) is 9.53. The Hall–Kier alpha value is -2.93. The molecule has 1 amide bonds. The maximum absolute atomic E-state index is 12.8. The van der Waals surface area contributed by atoms with Gasteiger partial charge in [-0.2, -0.15) is 5.10 Å². The predicted octanol–water partition coefficient (Wildman–Crippen LogP) is 4.38. The molecule has 2 aliphatic heterocycles. The molecule has 2 aliphatic rings. The molecule has 2 atom stereocenters. The minimum absolute atomic E-state index is 0.0201. The third-order valence-corrected chi connectivity index (χ3v) is 6.67. The number of aromatic nitrogens is 2. The summed E-state index contributed by atoms with van der Waals surface area (Å²) in [4.78, 5) is 12.8. The van der Waals surface area contributed by atoms with Gasteiger partial charge in [0.1, 0.15) is 5.82 Å². The van der Waals surface area contributed by atoms with E-state index in [9.17, 15) is 4.79 Å². The van der Waals surface area contributed by atoms with E-state index in [1.54, 1.807) is 11.8 Å². The average molecular weight is 407 g/mol. The summed E-state index contributed by atoms with van der Waals surface area (Å²) in [5.74, 6) is 2.21. The van der Waals surface area contributed by atoms with Crippen molar-refractivity contribution in [2.45, 2.75) is 31.3 Å². The Labute approximate surface area is 173 Å². The monoisotopic (exact) mass is 407 g/mol. The van der Waals surface area contributed by atoms with E-state index < -0.39 is 0 Å². The van der Waals surface area contributed by atoms with Crippen LogP contribution in [0.3, 0.4) is 0 Å². The highest BCUT2D eigenvalue weighted by Gasteiger charge is 2.34. The van der Waals surface area contributed by atoms with Gasteiger partial charge in [0.25, 0.3) is 0 Å². The first-order valence-corrected chi connectivity index (χ1v) is 10.5.